The highest BCUT2D eigenvalue weighted by Crippen LogP contribution is 2.44. The van der Waals surface area contributed by atoms with Crippen molar-refractivity contribution in [2.24, 2.45) is 0 Å². The Bertz CT molecular complexity index is 1280. The molecule has 1 aliphatic rings. The molecule has 4 aromatic rings. The fourth-order valence-electron chi connectivity index (χ4n) is 3.91. The summed E-state index contributed by atoms with van der Waals surface area (Å²) in [6, 6.07) is 16.4. The first-order valence-electron chi connectivity index (χ1n) is 9.45. The molecule has 31 heavy (non-hydrogen) atoms. The largest absolute Gasteiger partial charge is 0.467 e. The van der Waals surface area contributed by atoms with Crippen LogP contribution in [0, 0.1) is 10.1 Å². The number of H-pyrrole nitrogens is 1. The van der Waals surface area contributed by atoms with Gasteiger partial charge in [0.15, 0.2) is 0 Å². The minimum atomic E-state index is -0.572. The predicted octanol–water partition coefficient (Wildman–Crippen LogP) is 4.98. The van der Waals surface area contributed by atoms with Crippen LogP contribution in [0.5, 0.6) is 0 Å². The Morgan fingerprint density at radius 1 is 1.16 bits per heavy atom. The highest BCUT2D eigenvalue weighted by Gasteiger charge is 2.42. The topological polar surface area (TPSA) is 105 Å². The summed E-state index contributed by atoms with van der Waals surface area (Å²) in [6.45, 7) is 0.210. The van der Waals surface area contributed by atoms with Crippen LogP contribution < -0.4 is 0 Å². The molecule has 1 N–H and O–H groups in total. The lowest BCUT2D eigenvalue weighted by atomic mass is 9.95. The van der Waals surface area contributed by atoms with Gasteiger partial charge >= 0.3 is 0 Å². The Labute approximate surface area is 181 Å². The number of furan rings is 1. The maximum absolute atomic E-state index is 13.3. The van der Waals surface area contributed by atoms with Crippen molar-refractivity contribution in [3.8, 4) is 11.3 Å². The quantitative estimate of drug-likeness (QED) is 0.352. The van der Waals surface area contributed by atoms with E-state index in [1.165, 1.54) is 18.4 Å². The van der Waals surface area contributed by atoms with Crippen molar-refractivity contribution < 1.29 is 14.1 Å². The number of aromatic nitrogens is 2. The van der Waals surface area contributed by atoms with Gasteiger partial charge in [0.2, 0.25) is 0 Å². The highest BCUT2D eigenvalue weighted by molar-refractivity contribution is 6.30. The molecule has 2 aromatic heterocycles. The molecule has 9 heteroatoms. The van der Waals surface area contributed by atoms with Crippen LogP contribution in [0.2, 0.25) is 5.02 Å². The number of benzene rings is 2. The van der Waals surface area contributed by atoms with Crippen LogP contribution in [0.4, 0.5) is 5.69 Å². The first kappa shape index (κ1) is 19.1. The van der Waals surface area contributed by atoms with Crippen molar-refractivity contribution in [2.45, 2.75) is 12.6 Å². The number of halogens is 1. The average Bonchev–Trinajstić information content (AvgIpc) is 3.49. The van der Waals surface area contributed by atoms with Gasteiger partial charge in [-0.3, -0.25) is 20.0 Å². The predicted molar refractivity (Wildman–Crippen MR) is 113 cm³/mol. The smallest absolute Gasteiger partial charge is 0.273 e. The lowest BCUT2D eigenvalue weighted by molar-refractivity contribution is -0.384. The van der Waals surface area contributed by atoms with Crippen molar-refractivity contribution >= 4 is 23.2 Å². The molecule has 0 fully saturated rings. The van der Waals surface area contributed by atoms with Crippen molar-refractivity contribution in [1.82, 2.24) is 15.1 Å². The van der Waals surface area contributed by atoms with E-state index in [9.17, 15) is 14.9 Å². The van der Waals surface area contributed by atoms with Gasteiger partial charge in [0.05, 0.1) is 29.5 Å². The fraction of sp³-hybridized carbons (Fsp3) is 0.0909. The third-order valence-corrected chi connectivity index (χ3v) is 5.54. The number of nitrogens with zero attached hydrogens (tertiary/aromatic N) is 3. The lowest BCUT2D eigenvalue weighted by Crippen LogP contribution is -2.29. The molecule has 0 bridgehead atoms. The Morgan fingerprint density at radius 3 is 2.68 bits per heavy atom. The van der Waals surface area contributed by atoms with Gasteiger partial charge in [-0.15, -0.1) is 0 Å². The molecule has 0 aliphatic carbocycles. The molecule has 1 unspecified atom stereocenters. The first-order valence-corrected chi connectivity index (χ1v) is 9.82. The van der Waals surface area contributed by atoms with Crippen LogP contribution in [0.1, 0.15) is 33.4 Å². The monoisotopic (exact) mass is 434 g/mol. The van der Waals surface area contributed by atoms with Gasteiger partial charge in [-0.25, -0.2) is 0 Å². The molecule has 0 spiro atoms. The summed E-state index contributed by atoms with van der Waals surface area (Å²) in [5.41, 5.74) is 2.97. The first-order chi connectivity index (χ1) is 15.0. The number of nitrogens with one attached hydrogen (secondary N) is 1. The molecule has 1 amide bonds. The van der Waals surface area contributed by atoms with Gasteiger partial charge in [-0.2, -0.15) is 5.10 Å². The van der Waals surface area contributed by atoms with E-state index in [0.29, 0.717) is 33.3 Å². The van der Waals surface area contributed by atoms with Crippen molar-refractivity contribution in [2.75, 3.05) is 0 Å². The van der Waals surface area contributed by atoms with E-state index in [1.807, 2.05) is 12.1 Å². The second kappa shape index (κ2) is 7.41. The van der Waals surface area contributed by atoms with Crippen molar-refractivity contribution in [3.63, 3.8) is 0 Å². The van der Waals surface area contributed by atoms with Crippen LogP contribution in [-0.4, -0.2) is 25.9 Å². The van der Waals surface area contributed by atoms with E-state index in [-0.39, 0.29) is 18.1 Å². The number of carbonyl (C=O) groups excluding carboxylic acids is 1. The molecular weight excluding hydrogens is 420 g/mol. The summed E-state index contributed by atoms with van der Waals surface area (Å²) in [6.07, 6.45) is 1.54. The van der Waals surface area contributed by atoms with Crippen molar-refractivity contribution in [1.29, 1.82) is 0 Å². The summed E-state index contributed by atoms with van der Waals surface area (Å²) in [5.74, 6) is 0.352. The van der Waals surface area contributed by atoms with Gasteiger partial charge in [0, 0.05) is 28.3 Å². The molecule has 3 heterocycles. The molecule has 5 rings (SSSR count). The summed E-state index contributed by atoms with van der Waals surface area (Å²) in [4.78, 5) is 25.8. The van der Waals surface area contributed by atoms with Crippen LogP contribution in [-0.2, 0) is 6.54 Å². The summed E-state index contributed by atoms with van der Waals surface area (Å²) in [7, 11) is 0. The average molecular weight is 435 g/mol. The molecule has 1 atom stereocenters. The molecule has 8 nitrogen and oxygen atoms in total. The Hall–Kier alpha value is -3.91. The molecule has 0 saturated heterocycles. The van der Waals surface area contributed by atoms with E-state index in [1.54, 1.807) is 41.3 Å². The number of hydrogen-bond donors (Lipinski definition) is 1. The number of non-ortho nitro benzene ring substituents is 1. The maximum atomic E-state index is 13.3. The Balaban J connectivity index is 1.67. The highest BCUT2D eigenvalue weighted by atomic mass is 35.5. The zero-order chi connectivity index (χ0) is 21.5. The van der Waals surface area contributed by atoms with E-state index >= 15 is 0 Å². The van der Waals surface area contributed by atoms with Gasteiger partial charge in [-0.05, 0) is 29.8 Å². The molecule has 2 aromatic carbocycles. The number of fused-ring (bicyclic) bond motifs is 1. The van der Waals surface area contributed by atoms with E-state index in [4.69, 9.17) is 16.0 Å². The minimum Gasteiger partial charge on any atom is -0.467 e. The third kappa shape index (κ3) is 3.27. The normalized spacial score (nSPS) is 15.3. The Morgan fingerprint density at radius 2 is 1.97 bits per heavy atom. The number of rotatable bonds is 5. The summed E-state index contributed by atoms with van der Waals surface area (Å²) >= 11 is 6.02. The number of hydrogen-bond acceptors (Lipinski definition) is 5. The van der Waals surface area contributed by atoms with Crippen LogP contribution in [0.3, 0.4) is 0 Å². The number of nitro benzene ring substituents is 1. The zero-order valence-electron chi connectivity index (χ0n) is 16.0. The molecule has 0 radical (unpaired) electrons. The minimum absolute atomic E-state index is 0.0483. The van der Waals surface area contributed by atoms with E-state index in [0.717, 1.165) is 5.56 Å². The van der Waals surface area contributed by atoms with Crippen LogP contribution in [0.25, 0.3) is 11.3 Å². The zero-order valence-corrected chi connectivity index (χ0v) is 16.7. The third-order valence-electron chi connectivity index (χ3n) is 5.28. The second-order valence-electron chi connectivity index (χ2n) is 7.13. The van der Waals surface area contributed by atoms with Gasteiger partial charge < -0.3 is 9.32 Å². The van der Waals surface area contributed by atoms with E-state index < -0.39 is 11.0 Å². The maximum Gasteiger partial charge on any atom is 0.273 e. The number of carbonyl (C=O) groups is 1. The van der Waals surface area contributed by atoms with Crippen molar-refractivity contribution in [3.05, 3.63) is 105 Å². The summed E-state index contributed by atoms with van der Waals surface area (Å²) < 4.78 is 5.45. The number of nitro groups is 1. The lowest BCUT2D eigenvalue weighted by Gasteiger charge is -2.25. The number of aromatic amines is 1. The Kier molecular flexibility index (Phi) is 4.56. The van der Waals surface area contributed by atoms with Crippen LogP contribution in [0.15, 0.2) is 71.3 Å². The fourth-order valence-corrected chi connectivity index (χ4v) is 4.04. The number of amides is 1. The molecule has 154 valence electrons. The molecule has 0 saturated carbocycles. The standard InChI is InChI=1S/C22H15ClN4O4/c23-15-8-6-13(7-9-15)19-18-20(25-24-19)22(28)26(12-17-5-2-10-31-17)21(18)14-3-1-4-16(11-14)27(29)30/h1-11,21H,12H2,(H,24,25). The second-order valence-corrected chi connectivity index (χ2v) is 7.57. The van der Waals surface area contributed by atoms with Gasteiger partial charge in [-0.1, -0.05) is 35.9 Å². The molecule has 1 aliphatic heterocycles. The van der Waals surface area contributed by atoms with Gasteiger partial charge in [0.1, 0.15) is 11.5 Å². The van der Waals surface area contributed by atoms with E-state index in [2.05, 4.69) is 10.2 Å². The summed E-state index contributed by atoms with van der Waals surface area (Å²) in [5, 5.41) is 19.2. The van der Waals surface area contributed by atoms with Gasteiger partial charge in [0.25, 0.3) is 11.6 Å². The molecular formula is C22H15ClN4O4. The van der Waals surface area contributed by atoms with Crippen LogP contribution >= 0.6 is 11.6 Å². The SMILES string of the molecule is O=C1c2[nH]nc(-c3ccc(Cl)cc3)c2C(c2cccc([N+](=O)[O-])c2)N1Cc1ccco1.